The van der Waals surface area contributed by atoms with Crippen LogP contribution in [0.3, 0.4) is 0 Å². The topological polar surface area (TPSA) is 18.5 Å². The van der Waals surface area contributed by atoms with Crippen LogP contribution in [-0.2, 0) is 17.6 Å². The van der Waals surface area contributed by atoms with E-state index in [4.69, 9.17) is 9.47 Å². The summed E-state index contributed by atoms with van der Waals surface area (Å²) >= 11 is 0. The summed E-state index contributed by atoms with van der Waals surface area (Å²) in [5, 5.41) is 0. The first-order valence-electron chi connectivity index (χ1n) is 10.9. The smallest absolute Gasteiger partial charge is 0.119 e. The molecule has 0 saturated carbocycles. The highest BCUT2D eigenvalue weighted by molar-refractivity contribution is 5.42. The van der Waals surface area contributed by atoms with E-state index in [9.17, 15) is 0 Å². The molecular weight excluding hydrogens is 344 g/mol. The maximum Gasteiger partial charge on any atom is 0.119 e. The molecule has 158 valence electrons. The monoisotopic (exact) mass is 386 g/mol. The maximum atomic E-state index is 5.84. The van der Waals surface area contributed by atoms with Crippen LogP contribution in [0.15, 0.2) is 36.4 Å². The molecule has 0 saturated heterocycles. The van der Waals surface area contributed by atoms with Crippen LogP contribution >= 0.6 is 0 Å². The average molecular weight is 387 g/mol. The third kappa shape index (κ3) is 8.22. The minimum absolute atomic E-state index is 0.310. The van der Waals surface area contributed by atoms with E-state index in [2.05, 4.69) is 52.5 Å². The van der Waals surface area contributed by atoms with Gasteiger partial charge in [-0.3, -0.25) is 0 Å². The molecule has 0 bridgehead atoms. The van der Waals surface area contributed by atoms with Crippen molar-refractivity contribution in [2.75, 3.05) is 14.2 Å². The Hall–Kier alpha value is -1.54. The van der Waals surface area contributed by atoms with Crippen LogP contribution < -0.4 is 4.74 Å². The van der Waals surface area contributed by atoms with Crippen molar-refractivity contribution in [1.29, 1.82) is 0 Å². The molecule has 1 rings (SSSR count). The first-order chi connectivity index (χ1) is 13.5. The van der Waals surface area contributed by atoms with Crippen molar-refractivity contribution in [2.45, 2.75) is 85.2 Å². The van der Waals surface area contributed by atoms with E-state index in [1.165, 1.54) is 28.7 Å². The molecular formula is C26H42O2. The molecule has 2 unspecified atom stereocenters. The molecule has 0 aliphatic carbocycles. The fraction of sp³-hybridized carbons (Fsp3) is 0.615. The van der Waals surface area contributed by atoms with Gasteiger partial charge >= 0.3 is 0 Å². The van der Waals surface area contributed by atoms with Gasteiger partial charge in [0.1, 0.15) is 5.75 Å². The number of ether oxygens (including phenoxy) is 2. The quantitative estimate of drug-likeness (QED) is 0.314. The first kappa shape index (κ1) is 24.5. The summed E-state index contributed by atoms with van der Waals surface area (Å²) in [6.07, 6.45) is 13.6. The van der Waals surface area contributed by atoms with Crippen LogP contribution in [0.4, 0.5) is 0 Å². The second kappa shape index (κ2) is 13.6. The Balaban J connectivity index is 2.66. The Bertz CT molecular complexity index is 615. The molecule has 2 atom stereocenters. The molecule has 0 heterocycles. The summed E-state index contributed by atoms with van der Waals surface area (Å²) in [6, 6.07) is 4.39. The van der Waals surface area contributed by atoms with Gasteiger partial charge in [-0.05, 0) is 93.5 Å². The Kier molecular flexibility index (Phi) is 11.9. The van der Waals surface area contributed by atoms with E-state index >= 15 is 0 Å². The number of hydrogen-bond donors (Lipinski definition) is 0. The highest BCUT2D eigenvalue weighted by Gasteiger charge is 2.16. The molecule has 2 heteroatoms. The zero-order chi connectivity index (χ0) is 20.9. The van der Waals surface area contributed by atoms with Crippen LogP contribution in [0.25, 0.3) is 0 Å². The van der Waals surface area contributed by atoms with Gasteiger partial charge < -0.3 is 9.47 Å². The maximum absolute atomic E-state index is 5.84. The van der Waals surface area contributed by atoms with Gasteiger partial charge in [0.25, 0.3) is 0 Å². The largest absolute Gasteiger partial charge is 0.497 e. The summed E-state index contributed by atoms with van der Waals surface area (Å²) in [5.41, 5.74) is 5.76. The van der Waals surface area contributed by atoms with Crippen molar-refractivity contribution in [3.63, 3.8) is 0 Å². The van der Waals surface area contributed by atoms with Crippen molar-refractivity contribution in [3.8, 4) is 5.75 Å². The van der Waals surface area contributed by atoms with E-state index in [1.807, 2.05) is 13.2 Å². The lowest BCUT2D eigenvalue weighted by atomic mass is 9.91. The van der Waals surface area contributed by atoms with Crippen molar-refractivity contribution in [1.82, 2.24) is 0 Å². The molecule has 0 aliphatic rings. The Morgan fingerprint density at radius 3 is 2.57 bits per heavy atom. The summed E-state index contributed by atoms with van der Waals surface area (Å²) < 4.78 is 11.3. The van der Waals surface area contributed by atoms with Gasteiger partial charge in [-0.1, -0.05) is 38.0 Å². The van der Waals surface area contributed by atoms with Crippen LogP contribution in [0.2, 0.25) is 0 Å². The lowest BCUT2D eigenvalue weighted by Gasteiger charge is -2.22. The molecule has 28 heavy (non-hydrogen) atoms. The number of allylic oxidation sites excluding steroid dienone is 3. The predicted molar refractivity (Wildman–Crippen MR) is 122 cm³/mol. The Labute approximate surface area is 174 Å². The van der Waals surface area contributed by atoms with Crippen LogP contribution in [-0.4, -0.2) is 20.3 Å². The molecule has 2 nitrogen and oxygen atoms in total. The second-order valence-electron chi connectivity index (χ2n) is 8.09. The number of hydrogen-bond acceptors (Lipinski definition) is 2. The van der Waals surface area contributed by atoms with Gasteiger partial charge in [0.2, 0.25) is 0 Å². The van der Waals surface area contributed by atoms with Gasteiger partial charge in [-0.25, -0.2) is 0 Å². The SMILES string of the molecule is C=CCC/C(C)=C/CC(C)C(CCCc1cc(OC)cc(C)c1CCC)OC. The van der Waals surface area contributed by atoms with E-state index < -0.39 is 0 Å². The van der Waals surface area contributed by atoms with Crippen molar-refractivity contribution >= 4 is 0 Å². The standard InChI is InChI=1S/C26H42O2/c1-8-10-13-20(3)16-17-21(4)26(28-7)15-11-14-23-19-24(27-6)18-22(5)25(23)12-9-2/h8,16,18-19,21,26H,1,9-15,17H2,2-7H3/b20-16+. The third-order valence-electron chi connectivity index (χ3n) is 5.73. The molecule has 0 N–H and O–H groups in total. The zero-order valence-corrected chi connectivity index (χ0v) is 19.1. The predicted octanol–water partition coefficient (Wildman–Crippen LogP) is 7.23. The third-order valence-corrected chi connectivity index (χ3v) is 5.73. The fourth-order valence-corrected chi connectivity index (χ4v) is 3.90. The van der Waals surface area contributed by atoms with Crippen molar-refractivity contribution in [3.05, 3.63) is 53.1 Å². The van der Waals surface area contributed by atoms with Crippen LogP contribution in [0.5, 0.6) is 5.75 Å². The van der Waals surface area contributed by atoms with Gasteiger partial charge in [0.15, 0.2) is 0 Å². The molecule has 1 aromatic rings. The molecule has 0 aliphatic heterocycles. The average Bonchev–Trinajstić information content (AvgIpc) is 2.69. The summed E-state index contributed by atoms with van der Waals surface area (Å²) in [5.74, 6) is 1.51. The Morgan fingerprint density at radius 2 is 1.96 bits per heavy atom. The molecule has 0 spiro atoms. The molecule has 1 aromatic carbocycles. The highest BCUT2D eigenvalue weighted by Crippen LogP contribution is 2.26. The lowest BCUT2D eigenvalue weighted by molar-refractivity contribution is 0.0512. The summed E-state index contributed by atoms with van der Waals surface area (Å²) in [7, 11) is 3.61. The minimum atomic E-state index is 0.310. The molecule has 0 radical (unpaired) electrons. The van der Waals surface area contributed by atoms with Gasteiger partial charge in [-0.15, -0.1) is 6.58 Å². The molecule has 0 aromatic heterocycles. The lowest BCUT2D eigenvalue weighted by Crippen LogP contribution is -2.20. The van der Waals surface area contributed by atoms with Gasteiger partial charge in [-0.2, -0.15) is 0 Å². The zero-order valence-electron chi connectivity index (χ0n) is 19.1. The summed E-state index contributed by atoms with van der Waals surface area (Å²) in [6.45, 7) is 12.8. The number of methoxy groups -OCH3 is 2. The van der Waals surface area contributed by atoms with Crippen LogP contribution in [0.1, 0.15) is 76.0 Å². The first-order valence-corrected chi connectivity index (χ1v) is 10.9. The minimum Gasteiger partial charge on any atom is -0.497 e. The normalized spacial score (nSPS) is 14.0. The molecule has 0 fully saturated rings. The number of aryl methyl sites for hydroxylation is 2. The van der Waals surface area contributed by atoms with Crippen LogP contribution in [0, 0.1) is 12.8 Å². The van der Waals surface area contributed by atoms with Gasteiger partial charge in [0.05, 0.1) is 13.2 Å². The van der Waals surface area contributed by atoms with Crippen molar-refractivity contribution in [2.24, 2.45) is 5.92 Å². The fourth-order valence-electron chi connectivity index (χ4n) is 3.90. The summed E-state index contributed by atoms with van der Waals surface area (Å²) in [4.78, 5) is 0. The van der Waals surface area contributed by atoms with E-state index in [1.54, 1.807) is 7.11 Å². The van der Waals surface area contributed by atoms with Gasteiger partial charge in [0, 0.05) is 7.11 Å². The molecule has 0 amide bonds. The van der Waals surface area contributed by atoms with E-state index in [0.717, 1.165) is 50.7 Å². The second-order valence-corrected chi connectivity index (χ2v) is 8.09. The van der Waals surface area contributed by atoms with Crippen molar-refractivity contribution < 1.29 is 9.47 Å². The highest BCUT2D eigenvalue weighted by atomic mass is 16.5. The number of rotatable bonds is 14. The number of benzene rings is 1. The van der Waals surface area contributed by atoms with E-state index in [-0.39, 0.29) is 0 Å². The Morgan fingerprint density at radius 1 is 1.21 bits per heavy atom. The van der Waals surface area contributed by atoms with E-state index in [0.29, 0.717) is 12.0 Å².